The topological polar surface area (TPSA) is 80.6 Å². The van der Waals surface area contributed by atoms with E-state index in [1.165, 1.54) is 16.5 Å². The van der Waals surface area contributed by atoms with Gasteiger partial charge in [0.05, 0.1) is 12.6 Å². The van der Waals surface area contributed by atoms with E-state index in [-0.39, 0.29) is 12.5 Å². The molecule has 0 aliphatic carbocycles. The fourth-order valence-electron chi connectivity index (χ4n) is 2.65. The summed E-state index contributed by atoms with van der Waals surface area (Å²) in [5.74, 6) is -0.219. The quantitative estimate of drug-likeness (QED) is 0.643. The molecule has 3 rings (SSSR count). The van der Waals surface area contributed by atoms with E-state index in [0.29, 0.717) is 17.7 Å². The Morgan fingerprint density at radius 3 is 2.65 bits per heavy atom. The molecule has 3 aromatic rings. The first-order chi connectivity index (χ1) is 12.6. The highest BCUT2D eigenvalue weighted by Gasteiger charge is 2.15. The van der Waals surface area contributed by atoms with Crippen LogP contribution in [0.2, 0.25) is 0 Å². The summed E-state index contributed by atoms with van der Waals surface area (Å²) in [7, 11) is 1.57. The predicted molar refractivity (Wildman–Crippen MR) is 101 cm³/mol. The van der Waals surface area contributed by atoms with E-state index >= 15 is 0 Å². The number of hydrogen-bond acceptors (Lipinski definition) is 4. The van der Waals surface area contributed by atoms with Crippen LogP contribution in [0.25, 0.3) is 10.9 Å². The van der Waals surface area contributed by atoms with Gasteiger partial charge in [0.15, 0.2) is 0 Å². The molecule has 1 amide bonds. The van der Waals surface area contributed by atoms with Gasteiger partial charge in [-0.05, 0) is 54.3 Å². The molecule has 1 heterocycles. The van der Waals surface area contributed by atoms with Crippen molar-refractivity contribution in [3.05, 3.63) is 60.3 Å². The molecule has 0 fully saturated rings. The van der Waals surface area contributed by atoms with E-state index in [0.717, 1.165) is 15.8 Å². The molecule has 7 heteroatoms. The molecule has 26 heavy (non-hydrogen) atoms. The SMILES string of the molecule is COc1ccc2c(c1)c(CCC(=O)O)cn2C(=O)NSc1ccccc1. The number of methoxy groups -OCH3 is 1. The van der Waals surface area contributed by atoms with Crippen LogP contribution < -0.4 is 9.46 Å². The van der Waals surface area contributed by atoms with Gasteiger partial charge in [-0.2, -0.15) is 0 Å². The molecule has 0 radical (unpaired) electrons. The number of aliphatic carboxylic acids is 1. The monoisotopic (exact) mass is 370 g/mol. The van der Waals surface area contributed by atoms with Crippen molar-refractivity contribution in [3.8, 4) is 5.75 Å². The van der Waals surface area contributed by atoms with Crippen LogP contribution in [-0.4, -0.2) is 28.8 Å². The van der Waals surface area contributed by atoms with Gasteiger partial charge >= 0.3 is 12.0 Å². The largest absolute Gasteiger partial charge is 0.497 e. The molecule has 1 aromatic heterocycles. The molecule has 0 atom stereocenters. The van der Waals surface area contributed by atoms with Gasteiger partial charge in [0, 0.05) is 22.9 Å². The number of carboxylic acid groups (broad SMARTS) is 1. The Balaban J connectivity index is 1.89. The zero-order valence-corrected chi connectivity index (χ0v) is 15.0. The number of fused-ring (bicyclic) bond motifs is 1. The number of aryl methyl sites for hydroxylation is 1. The van der Waals surface area contributed by atoms with Crippen LogP contribution >= 0.6 is 11.9 Å². The molecule has 2 N–H and O–H groups in total. The van der Waals surface area contributed by atoms with E-state index < -0.39 is 5.97 Å². The van der Waals surface area contributed by atoms with Crippen molar-refractivity contribution in [1.82, 2.24) is 9.29 Å². The summed E-state index contributed by atoms with van der Waals surface area (Å²) in [5, 5.41) is 9.77. The van der Waals surface area contributed by atoms with Gasteiger partial charge in [-0.3, -0.25) is 14.1 Å². The zero-order valence-electron chi connectivity index (χ0n) is 14.1. The molecule has 0 saturated carbocycles. The summed E-state index contributed by atoms with van der Waals surface area (Å²) in [4.78, 5) is 24.5. The number of nitrogens with one attached hydrogen (secondary N) is 1. The first-order valence-electron chi connectivity index (χ1n) is 8.00. The number of carboxylic acids is 1. The standard InChI is InChI=1S/C19H18N2O4S/c1-25-14-8-9-17-16(11-14)13(7-10-18(22)23)12-21(17)19(24)20-26-15-5-3-2-4-6-15/h2-6,8-9,11-12H,7,10H2,1H3,(H,20,24)(H,22,23). The summed E-state index contributed by atoms with van der Waals surface area (Å²) in [6, 6.07) is 14.6. The Bertz CT molecular complexity index is 937. The second-order valence-electron chi connectivity index (χ2n) is 5.62. The minimum absolute atomic E-state index is 0.00327. The Labute approximate surface area is 154 Å². The van der Waals surface area contributed by atoms with Crippen LogP contribution in [0.15, 0.2) is 59.6 Å². The van der Waals surface area contributed by atoms with E-state index in [4.69, 9.17) is 9.84 Å². The van der Waals surface area contributed by atoms with Crippen molar-refractivity contribution in [1.29, 1.82) is 0 Å². The zero-order chi connectivity index (χ0) is 18.5. The van der Waals surface area contributed by atoms with Gasteiger partial charge in [-0.15, -0.1) is 0 Å². The van der Waals surface area contributed by atoms with E-state index in [1.807, 2.05) is 36.4 Å². The average molecular weight is 370 g/mol. The maximum absolute atomic E-state index is 12.6. The Kier molecular flexibility index (Phi) is 5.48. The summed E-state index contributed by atoms with van der Waals surface area (Å²) < 4.78 is 9.56. The van der Waals surface area contributed by atoms with Gasteiger partial charge in [0.2, 0.25) is 0 Å². The van der Waals surface area contributed by atoms with E-state index in [9.17, 15) is 9.59 Å². The fraction of sp³-hybridized carbons (Fsp3) is 0.158. The molecule has 134 valence electrons. The Morgan fingerprint density at radius 1 is 1.19 bits per heavy atom. The average Bonchev–Trinajstić information content (AvgIpc) is 3.03. The van der Waals surface area contributed by atoms with Crippen molar-refractivity contribution in [2.24, 2.45) is 0 Å². The maximum Gasteiger partial charge on any atom is 0.336 e. The molecular formula is C19H18N2O4S. The van der Waals surface area contributed by atoms with E-state index in [1.54, 1.807) is 25.4 Å². The van der Waals surface area contributed by atoms with Gasteiger partial charge in [-0.1, -0.05) is 18.2 Å². The highest BCUT2D eigenvalue weighted by Crippen LogP contribution is 2.27. The summed E-state index contributed by atoms with van der Waals surface area (Å²) in [6.07, 6.45) is 2.02. The predicted octanol–water partition coefficient (Wildman–Crippen LogP) is 3.93. The number of carbonyl (C=O) groups excluding carboxylic acids is 1. The van der Waals surface area contributed by atoms with Crippen molar-refractivity contribution >= 4 is 34.9 Å². The maximum atomic E-state index is 12.6. The summed E-state index contributed by atoms with van der Waals surface area (Å²) in [5.41, 5.74) is 1.50. The lowest BCUT2D eigenvalue weighted by Gasteiger charge is -2.06. The number of benzene rings is 2. The minimum atomic E-state index is -0.877. The first-order valence-corrected chi connectivity index (χ1v) is 8.82. The lowest BCUT2D eigenvalue weighted by Crippen LogP contribution is -2.21. The van der Waals surface area contributed by atoms with Crippen molar-refractivity contribution in [2.45, 2.75) is 17.7 Å². The van der Waals surface area contributed by atoms with Gasteiger partial charge in [-0.25, -0.2) is 4.79 Å². The van der Waals surface area contributed by atoms with Gasteiger partial charge in [0.1, 0.15) is 5.75 Å². The molecule has 0 aliphatic heterocycles. The number of nitrogens with zero attached hydrogens (tertiary/aromatic N) is 1. The number of hydrogen-bond donors (Lipinski definition) is 2. The summed E-state index contributed by atoms with van der Waals surface area (Å²) >= 11 is 1.23. The van der Waals surface area contributed by atoms with Crippen molar-refractivity contribution < 1.29 is 19.4 Å². The third-order valence-electron chi connectivity index (χ3n) is 3.92. The van der Waals surface area contributed by atoms with Gasteiger partial charge in [0.25, 0.3) is 0 Å². The molecule has 6 nitrogen and oxygen atoms in total. The number of amides is 1. The minimum Gasteiger partial charge on any atom is -0.497 e. The highest BCUT2D eigenvalue weighted by atomic mass is 32.2. The number of carbonyl (C=O) groups is 2. The number of aromatic nitrogens is 1. The lowest BCUT2D eigenvalue weighted by molar-refractivity contribution is -0.136. The smallest absolute Gasteiger partial charge is 0.336 e. The first kappa shape index (κ1) is 17.9. The van der Waals surface area contributed by atoms with Crippen molar-refractivity contribution in [2.75, 3.05) is 7.11 Å². The van der Waals surface area contributed by atoms with Crippen LogP contribution in [0.5, 0.6) is 5.75 Å². The second-order valence-corrected chi connectivity index (χ2v) is 6.50. The lowest BCUT2D eigenvalue weighted by atomic mass is 10.1. The molecule has 0 bridgehead atoms. The third kappa shape index (κ3) is 4.00. The highest BCUT2D eigenvalue weighted by molar-refractivity contribution is 7.98. The van der Waals surface area contributed by atoms with Crippen LogP contribution in [-0.2, 0) is 11.2 Å². The molecular weight excluding hydrogens is 352 g/mol. The number of ether oxygens (including phenoxy) is 1. The van der Waals surface area contributed by atoms with Crippen LogP contribution in [0.4, 0.5) is 4.79 Å². The van der Waals surface area contributed by atoms with Crippen LogP contribution in [0.3, 0.4) is 0 Å². The molecule has 2 aromatic carbocycles. The second kappa shape index (κ2) is 7.97. The molecule has 0 unspecified atom stereocenters. The Morgan fingerprint density at radius 2 is 1.96 bits per heavy atom. The van der Waals surface area contributed by atoms with E-state index in [2.05, 4.69) is 4.72 Å². The molecule has 0 spiro atoms. The Hall–Kier alpha value is -2.93. The van der Waals surface area contributed by atoms with Crippen molar-refractivity contribution in [3.63, 3.8) is 0 Å². The normalized spacial score (nSPS) is 10.7. The van der Waals surface area contributed by atoms with Crippen LogP contribution in [0.1, 0.15) is 12.0 Å². The molecule has 0 aliphatic rings. The molecule has 0 saturated heterocycles. The van der Waals surface area contributed by atoms with Crippen LogP contribution in [0, 0.1) is 0 Å². The summed E-state index contributed by atoms with van der Waals surface area (Å²) in [6.45, 7) is 0. The van der Waals surface area contributed by atoms with Gasteiger partial charge < -0.3 is 9.84 Å². The fourth-order valence-corrected chi connectivity index (χ4v) is 3.25. The third-order valence-corrected chi connectivity index (χ3v) is 4.71. The number of rotatable bonds is 6.